The third-order valence-electron chi connectivity index (χ3n) is 4.38. The van der Waals surface area contributed by atoms with Crippen molar-refractivity contribution < 1.29 is 24.1 Å². The molecule has 0 heterocycles. The monoisotopic (exact) mass is 384 g/mol. The van der Waals surface area contributed by atoms with Gasteiger partial charge >= 0.3 is 5.97 Å². The molecule has 2 rings (SSSR count). The second-order valence-corrected chi connectivity index (χ2v) is 6.41. The highest BCUT2D eigenvalue weighted by Gasteiger charge is 2.14. The summed E-state index contributed by atoms with van der Waals surface area (Å²) in [6.07, 6.45) is 6.27. The second-order valence-electron chi connectivity index (χ2n) is 6.41. The van der Waals surface area contributed by atoms with Crippen molar-refractivity contribution in [1.82, 2.24) is 0 Å². The van der Waals surface area contributed by atoms with Crippen molar-refractivity contribution in [3.8, 4) is 17.2 Å². The number of benzene rings is 2. The Labute approximate surface area is 166 Å². The summed E-state index contributed by atoms with van der Waals surface area (Å²) in [4.78, 5) is 11.8. The summed E-state index contributed by atoms with van der Waals surface area (Å²) in [6, 6.07) is 12.5. The van der Waals surface area contributed by atoms with Crippen LogP contribution in [-0.4, -0.2) is 31.9 Å². The molecule has 0 atom stereocenters. The van der Waals surface area contributed by atoms with Gasteiger partial charge in [0, 0.05) is 0 Å². The van der Waals surface area contributed by atoms with Crippen molar-refractivity contribution in [3.63, 3.8) is 0 Å². The Hall–Kier alpha value is -2.95. The molecule has 2 aromatic rings. The number of hydrogen-bond acceptors (Lipinski definition) is 4. The van der Waals surface area contributed by atoms with Crippen LogP contribution in [0.25, 0.3) is 11.6 Å². The van der Waals surface area contributed by atoms with E-state index in [9.17, 15) is 9.90 Å². The molecule has 0 unspecified atom stereocenters. The molecule has 0 spiro atoms. The topological polar surface area (TPSA) is 65.0 Å². The van der Waals surface area contributed by atoms with Gasteiger partial charge in [-0.1, -0.05) is 44.4 Å². The quantitative estimate of drug-likeness (QED) is 0.324. The molecule has 0 aliphatic carbocycles. The van der Waals surface area contributed by atoms with Crippen LogP contribution in [0.3, 0.4) is 0 Å². The lowest BCUT2D eigenvalue weighted by Crippen LogP contribution is -2.01. The molecule has 0 saturated carbocycles. The van der Waals surface area contributed by atoms with Crippen molar-refractivity contribution in [2.45, 2.75) is 32.6 Å². The normalized spacial score (nSPS) is 11.2. The van der Waals surface area contributed by atoms with Crippen LogP contribution in [0.2, 0.25) is 0 Å². The Balaban J connectivity index is 2.15. The largest absolute Gasteiger partial charge is 0.494 e. The zero-order valence-corrected chi connectivity index (χ0v) is 16.7. The maximum absolute atomic E-state index is 11.8. The predicted octanol–water partition coefficient (Wildman–Crippen LogP) is 5.29. The summed E-state index contributed by atoms with van der Waals surface area (Å²) < 4.78 is 16.2. The first kappa shape index (κ1) is 21.4. The molecule has 1 N–H and O–H groups in total. The molecular weight excluding hydrogens is 356 g/mol. The highest BCUT2D eigenvalue weighted by molar-refractivity contribution is 6.20. The third kappa shape index (κ3) is 6.05. The van der Waals surface area contributed by atoms with Gasteiger partial charge in [0.15, 0.2) is 11.5 Å². The van der Waals surface area contributed by atoms with Crippen molar-refractivity contribution in [2.24, 2.45) is 0 Å². The molecular formula is C23H28O5. The summed E-state index contributed by atoms with van der Waals surface area (Å²) in [5, 5.41) is 9.65. The maximum Gasteiger partial charge on any atom is 0.336 e. The highest BCUT2D eigenvalue weighted by atomic mass is 16.5. The van der Waals surface area contributed by atoms with Crippen LogP contribution in [0, 0.1) is 0 Å². The van der Waals surface area contributed by atoms with Crippen LogP contribution in [0.4, 0.5) is 0 Å². The van der Waals surface area contributed by atoms with Gasteiger partial charge in [-0.05, 0) is 47.9 Å². The lowest BCUT2D eigenvalue weighted by atomic mass is 10.0. The standard InChI is InChI=1S/C23H28O5/c1-4-5-6-7-14-28-19-11-8-17(9-12-19)15-20(23(24)25)18-10-13-21(26-2)22(16-18)27-3/h8-13,15-16H,4-7,14H2,1-3H3,(H,24,25)/b20-15-. The minimum atomic E-state index is -1.01. The minimum absolute atomic E-state index is 0.175. The van der Waals surface area contributed by atoms with Gasteiger partial charge in [0.05, 0.1) is 26.4 Å². The number of unbranched alkanes of at least 4 members (excludes halogenated alkanes) is 3. The van der Waals surface area contributed by atoms with E-state index in [0.29, 0.717) is 23.7 Å². The zero-order chi connectivity index (χ0) is 20.4. The molecule has 5 nitrogen and oxygen atoms in total. The average molecular weight is 384 g/mol. The lowest BCUT2D eigenvalue weighted by molar-refractivity contribution is -0.130. The van der Waals surface area contributed by atoms with Gasteiger partial charge in [-0.2, -0.15) is 0 Å². The summed E-state index contributed by atoms with van der Waals surface area (Å²) >= 11 is 0. The van der Waals surface area contributed by atoms with Crippen LogP contribution in [-0.2, 0) is 4.79 Å². The van der Waals surface area contributed by atoms with Crippen LogP contribution in [0.1, 0.15) is 43.7 Å². The number of carbonyl (C=O) groups is 1. The molecule has 2 aromatic carbocycles. The van der Waals surface area contributed by atoms with E-state index in [1.807, 2.05) is 24.3 Å². The van der Waals surface area contributed by atoms with Gasteiger partial charge in [0.1, 0.15) is 5.75 Å². The molecule has 0 bridgehead atoms. The smallest absolute Gasteiger partial charge is 0.336 e. The Morgan fingerprint density at radius 1 is 0.964 bits per heavy atom. The van der Waals surface area contributed by atoms with E-state index in [1.54, 1.807) is 31.4 Å². The van der Waals surface area contributed by atoms with E-state index >= 15 is 0 Å². The Morgan fingerprint density at radius 2 is 1.68 bits per heavy atom. The summed E-state index contributed by atoms with van der Waals surface area (Å²) in [7, 11) is 3.06. The van der Waals surface area contributed by atoms with E-state index in [0.717, 1.165) is 17.7 Å². The fourth-order valence-electron chi connectivity index (χ4n) is 2.82. The highest BCUT2D eigenvalue weighted by Crippen LogP contribution is 2.31. The van der Waals surface area contributed by atoms with Crippen molar-refractivity contribution in [1.29, 1.82) is 0 Å². The van der Waals surface area contributed by atoms with Crippen molar-refractivity contribution in [2.75, 3.05) is 20.8 Å². The van der Waals surface area contributed by atoms with E-state index in [4.69, 9.17) is 14.2 Å². The number of hydrogen-bond donors (Lipinski definition) is 1. The zero-order valence-electron chi connectivity index (χ0n) is 16.7. The van der Waals surface area contributed by atoms with Crippen LogP contribution in [0.15, 0.2) is 42.5 Å². The Bertz CT molecular complexity index is 793. The summed E-state index contributed by atoms with van der Waals surface area (Å²) in [5.74, 6) is 0.815. The molecule has 0 aliphatic rings. The molecule has 0 fully saturated rings. The Kier molecular flexibility index (Phi) is 8.40. The summed E-state index contributed by atoms with van der Waals surface area (Å²) in [6.45, 7) is 2.88. The van der Waals surface area contributed by atoms with Gasteiger partial charge in [-0.25, -0.2) is 4.79 Å². The average Bonchev–Trinajstić information content (AvgIpc) is 2.72. The number of ether oxygens (including phenoxy) is 3. The number of carboxylic acid groups (broad SMARTS) is 1. The predicted molar refractivity (Wildman–Crippen MR) is 111 cm³/mol. The van der Waals surface area contributed by atoms with Crippen molar-refractivity contribution >= 4 is 17.6 Å². The first-order chi connectivity index (χ1) is 13.6. The molecule has 150 valence electrons. The number of methoxy groups -OCH3 is 2. The van der Waals surface area contributed by atoms with Gasteiger partial charge in [-0.3, -0.25) is 0 Å². The first-order valence-electron chi connectivity index (χ1n) is 9.49. The number of aliphatic carboxylic acids is 1. The molecule has 5 heteroatoms. The van der Waals surface area contributed by atoms with E-state index in [2.05, 4.69) is 6.92 Å². The molecule has 0 saturated heterocycles. The molecule has 0 aliphatic heterocycles. The molecule has 0 radical (unpaired) electrons. The number of rotatable bonds is 11. The van der Waals surface area contributed by atoms with E-state index < -0.39 is 5.97 Å². The first-order valence-corrected chi connectivity index (χ1v) is 9.49. The van der Waals surface area contributed by atoms with Crippen molar-refractivity contribution in [3.05, 3.63) is 53.6 Å². The third-order valence-corrected chi connectivity index (χ3v) is 4.38. The minimum Gasteiger partial charge on any atom is -0.494 e. The van der Waals surface area contributed by atoms with Gasteiger partial charge in [0.2, 0.25) is 0 Å². The lowest BCUT2D eigenvalue weighted by Gasteiger charge is -2.10. The molecule has 0 aromatic heterocycles. The SMILES string of the molecule is CCCCCCOc1ccc(/C=C(\C(=O)O)c2ccc(OC)c(OC)c2)cc1. The van der Waals surface area contributed by atoms with E-state index in [-0.39, 0.29) is 5.57 Å². The fraction of sp³-hybridized carbons (Fsp3) is 0.348. The Morgan fingerprint density at radius 3 is 2.29 bits per heavy atom. The fourth-order valence-corrected chi connectivity index (χ4v) is 2.82. The molecule has 0 amide bonds. The van der Waals surface area contributed by atoms with Gasteiger partial charge in [0.25, 0.3) is 0 Å². The van der Waals surface area contributed by atoms with Gasteiger partial charge < -0.3 is 19.3 Å². The summed E-state index contributed by atoms with van der Waals surface area (Å²) in [5.41, 5.74) is 1.50. The van der Waals surface area contributed by atoms with Crippen LogP contribution in [0.5, 0.6) is 17.2 Å². The number of carboxylic acids is 1. The van der Waals surface area contributed by atoms with Crippen LogP contribution < -0.4 is 14.2 Å². The second kappa shape index (κ2) is 11.0. The molecule has 28 heavy (non-hydrogen) atoms. The van der Waals surface area contributed by atoms with Crippen LogP contribution >= 0.6 is 0 Å². The maximum atomic E-state index is 11.8. The van der Waals surface area contributed by atoms with Gasteiger partial charge in [-0.15, -0.1) is 0 Å². The van der Waals surface area contributed by atoms with E-state index in [1.165, 1.54) is 26.4 Å².